The van der Waals surface area contributed by atoms with Crippen LogP contribution in [0.25, 0.3) is 0 Å². The average Bonchev–Trinajstić information content (AvgIpc) is 2.86. The van der Waals surface area contributed by atoms with E-state index in [0.717, 1.165) is 25.7 Å². The second-order valence-corrected chi connectivity index (χ2v) is 11.3. The van der Waals surface area contributed by atoms with E-state index in [1.807, 2.05) is 0 Å². The molecule has 0 spiro atoms. The Morgan fingerprint density at radius 2 is 0.771 bits per heavy atom. The lowest BCUT2D eigenvalue weighted by atomic mass is 10.0. The van der Waals surface area contributed by atoms with Gasteiger partial charge in [-0.2, -0.15) is 0 Å². The number of aliphatic hydroxyl groups is 2. The molecule has 0 rings (SSSR count). The van der Waals surface area contributed by atoms with E-state index in [2.05, 4.69) is 13.8 Å². The first kappa shape index (κ1) is 35.5. The van der Waals surface area contributed by atoms with Crippen LogP contribution in [0.5, 0.6) is 0 Å². The van der Waals surface area contributed by atoms with E-state index in [4.69, 9.17) is 27.9 Å². The summed E-state index contributed by atoms with van der Waals surface area (Å²) in [6.45, 7) is 4.52. The van der Waals surface area contributed by atoms with E-state index < -0.39 is 12.2 Å². The molecule has 0 aromatic carbocycles. The van der Waals surface area contributed by atoms with Gasteiger partial charge in [0, 0.05) is 24.6 Å². The first-order valence-electron chi connectivity index (χ1n) is 15.2. The molecule has 5 heteroatoms. The minimum absolute atomic E-state index is 0.000560. The van der Waals surface area contributed by atoms with Gasteiger partial charge in [-0.3, -0.25) is 0 Å². The molecule has 35 heavy (non-hydrogen) atoms. The molecule has 0 saturated carbocycles. The normalized spacial score (nSPS) is 15.3. The van der Waals surface area contributed by atoms with E-state index in [-0.39, 0.29) is 24.0 Å². The molecule has 0 aromatic heterocycles. The number of ether oxygens (including phenoxy) is 1. The summed E-state index contributed by atoms with van der Waals surface area (Å²) in [4.78, 5) is 0. The molecule has 0 fully saturated rings. The Balaban J connectivity index is 4.39. The number of rotatable bonds is 28. The Morgan fingerprint density at radius 1 is 0.486 bits per heavy atom. The molecule has 0 aromatic rings. The van der Waals surface area contributed by atoms with Crippen LogP contribution in [-0.4, -0.2) is 46.4 Å². The SMILES string of the molecule is CCCCCCCCCCCC(CC(O)CCl)OC(CCCCCCCCCCC)CC(O)CCl. The Morgan fingerprint density at radius 3 is 1.06 bits per heavy atom. The quantitative estimate of drug-likeness (QED) is 0.0769. The molecule has 0 saturated heterocycles. The summed E-state index contributed by atoms with van der Waals surface area (Å²) >= 11 is 11.8. The first-order valence-corrected chi connectivity index (χ1v) is 16.3. The van der Waals surface area contributed by atoms with Crippen molar-refractivity contribution in [2.24, 2.45) is 0 Å². The molecule has 4 unspecified atom stereocenters. The molecule has 3 nitrogen and oxygen atoms in total. The molecule has 2 N–H and O–H groups in total. The van der Waals surface area contributed by atoms with E-state index in [9.17, 15) is 10.2 Å². The van der Waals surface area contributed by atoms with Crippen molar-refractivity contribution in [3.8, 4) is 0 Å². The zero-order chi connectivity index (χ0) is 26.0. The molecule has 0 aliphatic carbocycles. The van der Waals surface area contributed by atoms with Gasteiger partial charge in [0.1, 0.15) is 0 Å². The zero-order valence-corrected chi connectivity index (χ0v) is 24.9. The highest BCUT2D eigenvalue weighted by atomic mass is 35.5. The van der Waals surface area contributed by atoms with Crippen LogP contribution >= 0.6 is 23.2 Å². The van der Waals surface area contributed by atoms with Gasteiger partial charge >= 0.3 is 0 Å². The number of aliphatic hydroxyl groups excluding tert-OH is 2. The van der Waals surface area contributed by atoms with Crippen LogP contribution < -0.4 is 0 Å². The Kier molecular flexibility index (Phi) is 27.9. The number of hydrogen-bond acceptors (Lipinski definition) is 3. The third-order valence-corrected chi connectivity index (χ3v) is 7.78. The molecular weight excluding hydrogens is 479 g/mol. The summed E-state index contributed by atoms with van der Waals surface area (Å²) in [5.74, 6) is 0.482. The minimum atomic E-state index is -0.536. The van der Waals surface area contributed by atoms with Crippen molar-refractivity contribution >= 4 is 23.2 Å². The average molecular weight is 540 g/mol. The van der Waals surface area contributed by atoms with E-state index in [1.54, 1.807) is 0 Å². The van der Waals surface area contributed by atoms with Gasteiger partial charge in [0.15, 0.2) is 0 Å². The predicted octanol–water partition coefficient (Wildman–Crippen LogP) is 9.56. The minimum Gasteiger partial charge on any atom is -0.392 e. The van der Waals surface area contributed by atoms with Gasteiger partial charge in [-0.1, -0.05) is 129 Å². The summed E-state index contributed by atoms with van der Waals surface area (Å²) in [7, 11) is 0. The van der Waals surface area contributed by atoms with Crippen molar-refractivity contribution in [3.63, 3.8) is 0 Å². The monoisotopic (exact) mass is 538 g/mol. The number of alkyl halides is 2. The van der Waals surface area contributed by atoms with Crippen molar-refractivity contribution in [1.82, 2.24) is 0 Å². The van der Waals surface area contributed by atoms with Crippen LogP contribution in [0.1, 0.15) is 155 Å². The van der Waals surface area contributed by atoms with Gasteiger partial charge in [0.2, 0.25) is 0 Å². The fraction of sp³-hybridized carbons (Fsp3) is 1.00. The summed E-state index contributed by atoms with van der Waals surface area (Å²) in [6.07, 6.45) is 25.4. The topological polar surface area (TPSA) is 49.7 Å². The van der Waals surface area contributed by atoms with E-state index >= 15 is 0 Å². The maximum absolute atomic E-state index is 10.2. The maximum atomic E-state index is 10.2. The number of hydrogen-bond donors (Lipinski definition) is 2. The number of unbranched alkanes of at least 4 members (excludes halogenated alkanes) is 16. The van der Waals surface area contributed by atoms with Gasteiger partial charge in [-0.05, 0) is 12.8 Å². The molecule has 0 aliphatic heterocycles. The van der Waals surface area contributed by atoms with E-state index in [1.165, 1.54) is 103 Å². The van der Waals surface area contributed by atoms with Crippen molar-refractivity contribution in [3.05, 3.63) is 0 Å². The molecule has 4 atom stereocenters. The summed E-state index contributed by atoms with van der Waals surface area (Å²) in [5, 5.41) is 20.4. The third-order valence-electron chi connectivity index (χ3n) is 7.07. The fourth-order valence-electron chi connectivity index (χ4n) is 4.85. The molecular formula is C30H60Cl2O3. The standard InChI is InChI=1S/C30H60Cl2O3/c1-3-5-7-9-11-13-15-17-19-21-29(23-27(33)25-31)35-30(24-28(34)26-32)22-20-18-16-14-12-10-8-6-4-2/h27-30,33-34H,3-26H2,1-2H3. The molecule has 0 amide bonds. The fourth-order valence-corrected chi connectivity index (χ4v) is 5.11. The van der Waals surface area contributed by atoms with Crippen molar-refractivity contribution < 1.29 is 14.9 Å². The van der Waals surface area contributed by atoms with Crippen molar-refractivity contribution in [1.29, 1.82) is 0 Å². The van der Waals surface area contributed by atoms with Crippen LogP contribution in [0.3, 0.4) is 0 Å². The zero-order valence-electron chi connectivity index (χ0n) is 23.3. The van der Waals surface area contributed by atoms with E-state index in [0.29, 0.717) is 12.8 Å². The Bertz CT molecular complexity index is 375. The highest BCUT2D eigenvalue weighted by Crippen LogP contribution is 2.22. The smallest absolute Gasteiger partial charge is 0.0700 e. The highest BCUT2D eigenvalue weighted by Gasteiger charge is 2.21. The second kappa shape index (κ2) is 27.5. The van der Waals surface area contributed by atoms with Gasteiger partial charge in [0.25, 0.3) is 0 Å². The molecule has 0 bridgehead atoms. The second-order valence-electron chi connectivity index (χ2n) is 10.7. The van der Waals surface area contributed by atoms with Crippen LogP contribution in [-0.2, 0) is 4.74 Å². The van der Waals surface area contributed by atoms with Crippen LogP contribution in [0.4, 0.5) is 0 Å². The van der Waals surface area contributed by atoms with Gasteiger partial charge in [-0.25, -0.2) is 0 Å². The first-order chi connectivity index (χ1) is 17.1. The van der Waals surface area contributed by atoms with Crippen LogP contribution in [0.15, 0.2) is 0 Å². The van der Waals surface area contributed by atoms with Crippen LogP contribution in [0, 0.1) is 0 Å². The Hall–Kier alpha value is 0.460. The summed E-state index contributed by atoms with van der Waals surface area (Å²) in [5.41, 5.74) is 0. The molecule has 0 heterocycles. The van der Waals surface area contributed by atoms with Crippen LogP contribution in [0.2, 0.25) is 0 Å². The molecule has 0 aliphatic rings. The Labute approximate surface area is 229 Å². The lowest BCUT2D eigenvalue weighted by molar-refractivity contribution is -0.0577. The van der Waals surface area contributed by atoms with Gasteiger partial charge < -0.3 is 14.9 Å². The predicted molar refractivity (Wildman–Crippen MR) is 155 cm³/mol. The number of halogens is 2. The molecule has 212 valence electrons. The summed E-state index contributed by atoms with van der Waals surface area (Å²) < 4.78 is 6.50. The highest BCUT2D eigenvalue weighted by molar-refractivity contribution is 6.18. The van der Waals surface area contributed by atoms with Crippen molar-refractivity contribution in [2.45, 2.75) is 180 Å². The van der Waals surface area contributed by atoms with Gasteiger partial charge in [-0.15, -0.1) is 23.2 Å². The third kappa shape index (κ3) is 24.5. The lowest BCUT2D eigenvalue weighted by Gasteiger charge is -2.27. The lowest BCUT2D eigenvalue weighted by Crippen LogP contribution is -2.30. The van der Waals surface area contributed by atoms with Crippen molar-refractivity contribution in [2.75, 3.05) is 11.8 Å². The van der Waals surface area contributed by atoms with Gasteiger partial charge in [0.05, 0.1) is 24.4 Å². The molecule has 0 radical (unpaired) electrons. The largest absolute Gasteiger partial charge is 0.392 e. The summed E-state index contributed by atoms with van der Waals surface area (Å²) in [6, 6.07) is 0. The maximum Gasteiger partial charge on any atom is 0.0700 e.